The van der Waals surface area contributed by atoms with E-state index in [-0.39, 0.29) is 17.8 Å². The van der Waals surface area contributed by atoms with Crippen LogP contribution in [0.5, 0.6) is 0 Å². The molecule has 0 atom stereocenters. The number of benzene rings is 1. The van der Waals surface area contributed by atoms with E-state index in [4.69, 9.17) is 32.0 Å². The molecule has 2 fully saturated rings. The molecule has 1 saturated heterocycles. The zero-order valence-electron chi connectivity index (χ0n) is 18.4. The lowest BCUT2D eigenvalue weighted by Crippen LogP contribution is -2.28. The van der Waals surface area contributed by atoms with Gasteiger partial charge in [-0.15, -0.1) is 0 Å². The molecule has 1 saturated carbocycles. The maximum Gasteiger partial charge on any atom is 0.224 e. The number of ether oxygens (including phenoxy) is 1. The zero-order valence-corrected chi connectivity index (χ0v) is 19.2. The number of halogens is 2. The summed E-state index contributed by atoms with van der Waals surface area (Å²) < 4.78 is 22.0. The smallest absolute Gasteiger partial charge is 0.224 e. The molecule has 8 nitrogen and oxygen atoms in total. The Hall–Kier alpha value is -2.49. The van der Waals surface area contributed by atoms with Crippen molar-refractivity contribution in [2.45, 2.75) is 50.6 Å². The van der Waals surface area contributed by atoms with Crippen LogP contribution in [-0.4, -0.2) is 45.3 Å². The lowest BCUT2D eigenvalue weighted by atomic mass is 9.86. The molecule has 2 aromatic heterocycles. The second-order valence-electron chi connectivity index (χ2n) is 8.90. The highest BCUT2D eigenvalue weighted by Crippen LogP contribution is 2.37. The van der Waals surface area contributed by atoms with Gasteiger partial charge in [0.05, 0.1) is 11.9 Å². The van der Waals surface area contributed by atoms with Crippen molar-refractivity contribution in [1.29, 1.82) is 0 Å². The van der Waals surface area contributed by atoms with E-state index in [9.17, 15) is 4.39 Å². The van der Waals surface area contributed by atoms with Gasteiger partial charge in [0.2, 0.25) is 11.9 Å². The van der Waals surface area contributed by atoms with Crippen molar-refractivity contribution in [3.63, 3.8) is 0 Å². The molecule has 0 radical (unpaired) electrons. The summed E-state index contributed by atoms with van der Waals surface area (Å²) in [6, 6.07) is 4.91. The van der Waals surface area contributed by atoms with Crippen LogP contribution in [-0.2, 0) is 4.74 Å². The molecule has 33 heavy (non-hydrogen) atoms. The summed E-state index contributed by atoms with van der Waals surface area (Å²) in [4.78, 5) is 14.1. The van der Waals surface area contributed by atoms with Crippen LogP contribution in [0.15, 0.2) is 24.4 Å². The van der Waals surface area contributed by atoms with Gasteiger partial charge in [-0.2, -0.15) is 4.98 Å². The maximum atomic E-state index is 14.5. The molecule has 2 aliphatic rings. The van der Waals surface area contributed by atoms with Crippen LogP contribution >= 0.6 is 11.6 Å². The Labute approximate surface area is 197 Å². The summed E-state index contributed by atoms with van der Waals surface area (Å²) in [5.41, 5.74) is 7.59. The Bertz CT molecular complexity index is 1110. The van der Waals surface area contributed by atoms with Gasteiger partial charge in [-0.3, -0.25) is 4.57 Å². The van der Waals surface area contributed by atoms with E-state index in [0.29, 0.717) is 34.9 Å². The van der Waals surface area contributed by atoms with Gasteiger partial charge in [0, 0.05) is 30.3 Å². The van der Waals surface area contributed by atoms with Gasteiger partial charge in [-0.05, 0) is 69.2 Å². The normalized spacial score (nSPS) is 21.9. The minimum atomic E-state index is -0.391. The highest BCUT2D eigenvalue weighted by atomic mass is 35.5. The molecule has 3 heterocycles. The number of aromatic nitrogens is 4. The standard InChI is InChI=1S/C23H29ClFN7O/c24-15-3-6-18(25)19(11-15)29-23-30-20-13-27-22(28-16-7-9-33-10-8-16)31-21(20)32(23)17-4-1-14(12-26)2-5-17/h3,6,11,13-14,16-17H,1-2,4-5,7-10,12,26H2,(H,29,30)(H,27,28,31). The highest BCUT2D eigenvalue weighted by Gasteiger charge is 2.27. The lowest BCUT2D eigenvalue weighted by Gasteiger charge is -2.30. The molecule has 0 amide bonds. The monoisotopic (exact) mass is 473 g/mol. The van der Waals surface area contributed by atoms with Gasteiger partial charge in [-0.25, -0.2) is 14.4 Å². The SMILES string of the molecule is NCC1CCC(n2c(Nc3cc(Cl)ccc3F)nc3cnc(NC4CCOCC4)nc32)CC1. The van der Waals surface area contributed by atoms with Crippen molar-refractivity contribution in [2.75, 3.05) is 30.4 Å². The summed E-state index contributed by atoms with van der Waals surface area (Å²) in [5.74, 6) is 1.27. The highest BCUT2D eigenvalue weighted by molar-refractivity contribution is 6.30. The molecule has 0 spiro atoms. The van der Waals surface area contributed by atoms with Crippen molar-refractivity contribution in [1.82, 2.24) is 19.5 Å². The summed E-state index contributed by atoms with van der Waals surface area (Å²) in [5, 5.41) is 7.05. The third-order valence-corrected chi connectivity index (χ3v) is 6.91. The second kappa shape index (κ2) is 9.79. The molecule has 0 unspecified atom stereocenters. The Balaban J connectivity index is 1.51. The summed E-state index contributed by atoms with van der Waals surface area (Å²) in [6.45, 7) is 2.18. The quantitative estimate of drug-likeness (QED) is 0.479. The number of hydrogen-bond donors (Lipinski definition) is 3. The number of hydrogen-bond acceptors (Lipinski definition) is 7. The summed E-state index contributed by atoms with van der Waals surface area (Å²) in [7, 11) is 0. The van der Waals surface area contributed by atoms with Gasteiger partial charge in [0.15, 0.2) is 5.65 Å². The number of anilines is 3. The van der Waals surface area contributed by atoms with Crippen LogP contribution in [0.2, 0.25) is 5.02 Å². The average Bonchev–Trinajstić information content (AvgIpc) is 3.19. The first-order chi connectivity index (χ1) is 16.1. The molecule has 1 aliphatic heterocycles. The molecule has 176 valence electrons. The fraction of sp³-hybridized carbons (Fsp3) is 0.522. The van der Waals surface area contributed by atoms with E-state index in [0.717, 1.165) is 57.4 Å². The molecule has 10 heteroatoms. The molecule has 1 aliphatic carbocycles. The summed E-state index contributed by atoms with van der Waals surface area (Å²) >= 11 is 6.11. The Morgan fingerprint density at radius 3 is 2.67 bits per heavy atom. The predicted molar refractivity (Wildman–Crippen MR) is 128 cm³/mol. The van der Waals surface area contributed by atoms with E-state index in [2.05, 4.69) is 20.2 Å². The molecule has 1 aromatic carbocycles. The number of rotatable bonds is 6. The minimum Gasteiger partial charge on any atom is -0.381 e. The van der Waals surface area contributed by atoms with Gasteiger partial charge >= 0.3 is 0 Å². The minimum absolute atomic E-state index is 0.188. The Morgan fingerprint density at radius 2 is 1.91 bits per heavy atom. The first-order valence-electron chi connectivity index (χ1n) is 11.6. The second-order valence-corrected chi connectivity index (χ2v) is 9.33. The van der Waals surface area contributed by atoms with Crippen LogP contribution in [0.4, 0.5) is 22.0 Å². The first-order valence-corrected chi connectivity index (χ1v) is 12.0. The van der Waals surface area contributed by atoms with Crippen LogP contribution in [0, 0.1) is 11.7 Å². The Morgan fingerprint density at radius 1 is 1.12 bits per heavy atom. The first kappa shape index (κ1) is 22.3. The largest absolute Gasteiger partial charge is 0.381 e. The zero-order chi connectivity index (χ0) is 22.8. The number of nitrogens with one attached hydrogen (secondary N) is 2. The van der Waals surface area contributed by atoms with Crippen LogP contribution in [0.1, 0.15) is 44.6 Å². The van der Waals surface area contributed by atoms with Gasteiger partial charge in [0.1, 0.15) is 11.3 Å². The lowest BCUT2D eigenvalue weighted by molar-refractivity contribution is 0.0903. The maximum absolute atomic E-state index is 14.5. The fourth-order valence-electron chi connectivity index (χ4n) is 4.77. The van der Waals surface area contributed by atoms with E-state index in [1.807, 2.05) is 0 Å². The van der Waals surface area contributed by atoms with Crippen LogP contribution < -0.4 is 16.4 Å². The number of fused-ring (bicyclic) bond motifs is 1. The Kier molecular flexibility index (Phi) is 6.62. The van der Waals surface area contributed by atoms with Crippen molar-refractivity contribution in [3.05, 3.63) is 35.2 Å². The number of nitrogens with two attached hydrogens (primary N) is 1. The van der Waals surface area contributed by atoms with Gasteiger partial charge in [0.25, 0.3) is 0 Å². The third kappa shape index (κ3) is 4.90. The fourth-order valence-corrected chi connectivity index (χ4v) is 4.94. The van der Waals surface area contributed by atoms with Gasteiger partial charge < -0.3 is 21.1 Å². The van der Waals surface area contributed by atoms with E-state index in [1.54, 1.807) is 12.3 Å². The van der Waals surface area contributed by atoms with Crippen LogP contribution in [0.3, 0.4) is 0 Å². The predicted octanol–water partition coefficient (Wildman–Crippen LogP) is 4.64. The summed E-state index contributed by atoms with van der Waals surface area (Å²) in [6.07, 6.45) is 7.59. The van der Waals surface area contributed by atoms with Crippen molar-refractivity contribution in [3.8, 4) is 0 Å². The topological polar surface area (TPSA) is 103 Å². The van der Waals surface area contributed by atoms with E-state index >= 15 is 0 Å². The van der Waals surface area contributed by atoms with Crippen LogP contribution in [0.25, 0.3) is 11.2 Å². The van der Waals surface area contributed by atoms with Gasteiger partial charge in [-0.1, -0.05) is 11.6 Å². The molecular formula is C23H29ClFN7O. The number of nitrogens with zero attached hydrogens (tertiary/aromatic N) is 4. The molecular weight excluding hydrogens is 445 g/mol. The molecule has 3 aromatic rings. The van der Waals surface area contributed by atoms with E-state index < -0.39 is 5.82 Å². The van der Waals surface area contributed by atoms with Crippen molar-refractivity contribution < 1.29 is 9.13 Å². The molecule has 5 rings (SSSR count). The third-order valence-electron chi connectivity index (χ3n) is 6.68. The van der Waals surface area contributed by atoms with Crippen molar-refractivity contribution in [2.24, 2.45) is 11.7 Å². The van der Waals surface area contributed by atoms with E-state index in [1.165, 1.54) is 12.1 Å². The number of imidazole rings is 1. The molecule has 0 bridgehead atoms. The molecule has 4 N–H and O–H groups in total. The average molecular weight is 474 g/mol. The van der Waals surface area contributed by atoms with Crippen molar-refractivity contribution >= 4 is 40.3 Å².